The molecule has 23 heavy (non-hydrogen) atoms. The molecule has 0 bridgehead atoms. The minimum absolute atomic E-state index is 0.443. The zero-order valence-electron chi connectivity index (χ0n) is 15.9. The predicted molar refractivity (Wildman–Crippen MR) is 101 cm³/mol. The summed E-state index contributed by atoms with van der Waals surface area (Å²) in [6.07, 6.45) is 21.9. The van der Waals surface area contributed by atoms with Crippen molar-refractivity contribution in [1.29, 1.82) is 0 Å². The summed E-state index contributed by atoms with van der Waals surface area (Å²) in [4.78, 5) is 0. The van der Waals surface area contributed by atoms with Gasteiger partial charge < -0.3 is 9.84 Å². The molecule has 0 amide bonds. The van der Waals surface area contributed by atoms with Crippen molar-refractivity contribution < 1.29 is 9.84 Å². The van der Waals surface area contributed by atoms with Crippen LogP contribution in [0, 0.1) is 6.92 Å². The fourth-order valence-electron chi connectivity index (χ4n) is 2.95. The summed E-state index contributed by atoms with van der Waals surface area (Å²) in [5.74, 6) is 0. The summed E-state index contributed by atoms with van der Waals surface area (Å²) in [6.45, 7) is 6.56. The van der Waals surface area contributed by atoms with Gasteiger partial charge in [-0.3, -0.25) is 0 Å². The normalized spacial score (nSPS) is 12.7. The number of rotatable bonds is 19. The van der Waals surface area contributed by atoms with Crippen LogP contribution in [0.25, 0.3) is 0 Å². The number of ether oxygens (including phenoxy) is 1. The monoisotopic (exact) mass is 327 g/mol. The summed E-state index contributed by atoms with van der Waals surface area (Å²) in [5.41, 5.74) is 0. The maximum Gasteiger partial charge on any atom is 0.154 e. The maximum absolute atomic E-state index is 9.20. The van der Waals surface area contributed by atoms with Gasteiger partial charge in [0, 0.05) is 6.61 Å². The third kappa shape index (κ3) is 19.9. The Balaban J connectivity index is 2.97. The van der Waals surface area contributed by atoms with Crippen molar-refractivity contribution in [3.8, 4) is 0 Å². The third-order valence-electron chi connectivity index (χ3n) is 4.56. The highest BCUT2D eigenvalue weighted by atomic mass is 16.6. The fourth-order valence-corrected chi connectivity index (χ4v) is 2.95. The van der Waals surface area contributed by atoms with Crippen LogP contribution in [-0.4, -0.2) is 18.0 Å². The summed E-state index contributed by atoms with van der Waals surface area (Å²) >= 11 is 0. The molecule has 0 rings (SSSR count). The van der Waals surface area contributed by atoms with Crippen LogP contribution in [0.3, 0.4) is 0 Å². The molecule has 0 aromatic carbocycles. The molecule has 0 spiro atoms. The van der Waals surface area contributed by atoms with Crippen molar-refractivity contribution in [1.82, 2.24) is 0 Å². The van der Waals surface area contributed by atoms with Crippen molar-refractivity contribution in [2.45, 2.75) is 122 Å². The Labute approximate surface area is 146 Å². The maximum atomic E-state index is 9.20. The van der Waals surface area contributed by atoms with Gasteiger partial charge in [0.05, 0.1) is 0 Å². The molecule has 0 aromatic heterocycles. The minimum atomic E-state index is -0.661. The largest absolute Gasteiger partial charge is 0.368 e. The van der Waals surface area contributed by atoms with E-state index in [0.29, 0.717) is 13.0 Å². The first-order chi connectivity index (χ1) is 11.3. The Morgan fingerprint density at radius 2 is 1.00 bits per heavy atom. The summed E-state index contributed by atoms with van der Waals surface area (Å²) in [6, 6.07) is 0. The molecular weight excluding hydrogens is 284 g/mol. The molecule has 1 N–H and O–H groups in total. The Bertz CT molecular complexity index is 206. The number of aliphatic hydroxyl groups is 1. The molecule has 1 unspecified atom stereocenters. The third-order valence-corrected chi connectivity index (χ3v) is 4.56. The summed E-state index contributed by atoms with van der Waals surface area (Å²) < 4.78 is 5.20. The molecule has 0 aliphatic heterocycles. The molecular formula is C21H43O2. The second kappa shape index (κ2) is 20.0. The first-order valence-corrected chi connectivity index (χ1v) is 10.4. The lowest BCUT2D eigenvalue weighted by atomic mass is 10.0. The van der Waals surface area contributed by atoms with Crippen LogP contribution < -0.4 is 0 Å². The summed E-state index contributed by atoms with van der Waals surface area (Å²) in [5, 5.41) is 9.20. The lowest BCUT2D eigenvalue weighted by Gasteiger charge is -2.08. The van der Waals surface area contributed by atoms with Gasteiger partial charge in [0.15, 0.2) is 6.29 Å². The number of hydrogen-bond donors (Lipinski definition) is 1. The average molecular weight is 328 g/mol. The zero-order chi connectivity index (χ0) is 17.0. The van der Waals surface area contributed by atoms with E-state index in [1.54, 1.807) is 0 Å². The molecule has 1 radical (unpaired) electrons. The van der Waals surface area contributed by atoms with E-state index in [0.717, 1.165) is 6.42 Å². The second-order valence-corrected chi connectivity index (χ2v) is 6.92. The molecule has 2 heteroatoms. The lowest BCUT2D eigenvalue weighted by Crippen LogP contribution is -2.10. The highest BCUT2D eigenvalue weighted by molar-refractivity contribution is 4.50. The number of aliphatic hydroxyl groups excluding tert-OH is 1. The molecule has 139 valence electrons. The van der Waals surface area contributed by atoms with Crippen molar-refractivity contribution in [2.75, 3.05) is 6.61 Å². The standard InChI is InChI=1S/C21H43O2/c1-3-5-6-7-8-9-10-11-12-13-14-15-16-17-18-19-20-23-21(22)4-2/h21-22H,2-20H2,1H3. The van der Waals surface area contributed by atoms with Crippen molar-refractivity contribution in [2.24, 2.45) is 0 Å². The molecule has 0 saturated carbocycles. The van der Waals surface area contributed by atoms with Crippen molar-refractivity contribution in [3.63, 3.8) is 0 Å². The summed E-state index contributed by atoms with van der Waals surface area (Å²) in [7, 11) is 0. The van der Waals surface area contributed by atoms with Gasteiger partial charge in [0.2, 0.25) is 0 Å². The van der Waals surface area contributed by atoms with E-state index in [9.17, 15) is 5.11 Å². The first kappa shape index (κ1) is 22.9. The molecule has 0 saturated heterocycles. The van der Waals surface area contributed by atoms with Crippen LogP contribution in [0.15, 0.2) is 0 Å². The second-order valence-electron chi connectivity index (χ2n) is 6.92. The Morgan fingerprint density at radius 3 is 1.35 bits per heavy atom. The van der Waals surface area contributed by atoms with E-state index >= 15 is 0 Å². The quantitative estimate of drug-likeness (QED) is 0.209. The van der Waals surface area contributed by atoms with Crippen LogP contribution in [0.5, 0.6) is 0 Å². The van der Waals surface area contributed by atoms with Gasteiger partial charge in [-0.1, -0.05) is 103 Å². The van der Waals surface area contributed by atoms with Crippen LogP contribution in [0.1, 0.15) is 116 Å². The van der Waals surface area contributed by atoms with Gasteiger partial charge in [-0.15, -0.1) is 0 Å². The van der Waals surface area contributed by atoms with Gasteiger partial charge in [-0.05, 0) is 19.8 Å². The first-order valence-electron chi connectivity index (χ1n) is 10.4. The van der Waals surface area contributed by atoms with Gasteiger partial charge in [0.1, 0.15) is 0 Å². The molecule has 2 nitrogen and oxygen atoms in total. The number of hydrogen-bond acceptors (Lipinski definition) is 2. The van der Waals surface area contributed by atoms with Crippen molar-refractivity contribution in [3.05, 3.63) is 6.92 Å². The van der Waals surface area contributed by atoms with E-state index in [1.165, 1.54) is 96.3 Å². The average Bonchev–Trinajstić information content (AvgIpc) is 2.57. The van der Waals surface area contributed by atoms with Gasteiger partial charge in [0.25, 0.3) is 0 Å². The minimum Gasteiger partial charge on any atom is -0.368 e. The Hall–Kier alpha value is -0.0800. The highest BCUT2D eigenvalue weighted by Gasteiger charge is 1.99. The molecule has 0 heterocycles. The van der Waals surface area contributed by atoms with Crippen molar-refractivity contribution >= 4 is 0 Å². The lowest BCUT2D eigenvalue weighted by molar-refractivity contribution is -0.0971. The zero-order valence-corrected chi connectivity index (χ0v) is 15.9. The smallest absolute Gasteiger partial charge is 0.154 e. The molecule has 0 aliphatic rings. The van der Waals surface area contributed by atoms with Gasteiger partial charge >= 0.3 is 0 Å². The van der Waals surface area contributed by atoms with Crippen LogP contribution in [0.4, 0.5) is 0 Å². The van der Waals surface area contributed by atoms with E-state index in [4.69, 9.17) is 4.74 Å². The molecule has 0 aromatic rings. The van der Waals surface area contributed by atoms with E-state index in [1.807, 2.05) is 0 Å². The van der Waals surface area contributed by atoms with Gasteiger partial charge in [-0.2, -0.15) is 0 Å². The van der Waals surface area contributed by atoms with Crippen LogP contribution >= 0.6 is 0 Å². The Morgan fingerprint density at radius 1 is 0.652 bits per heavy atom. The van der Waals surface area contributed by atoms with Gasteiger partial charge in [-0.25, -0.2) is 0 Å². The number of unbranched alkanes of at least 4 members (excludes halogenated alkanes) is 15. The molecule has 0 aliphatic carbocycles. The fraction of sp³-hybridized carbons (Fsp3) is 0.952. The predicted octanol–water partition coefficient (Wildman–Crippen LogP) is 6.81. The topological polar surface area (TPSA) is 29.5 Å². The van der Waals surface area contributed by atoms with Crippen LogP contribution in [-0.2, 0) is 4.74 Å². The van der Waals surface area contributed by atoms with E-state index in [-0.39, 0.29) is 0 Å². The highest BCUT2D eigenvalue weighted by Crippen LogP contribution is 2.13. The van der Waals surface area contributed by atoms with E-state index in [2.05, 4.69) is 13.8 Å². The molecule has 0 fully saturated rings. The molecule has 1 atom stereocenters. The SMILES string of the molecule is [CH2]CC(O)OCCCCCCCCCCCCCCCCCC. The Kier molecular flexibility index (Phi) is 19.9. The van der Waals surface area contributed by atoms with E-state index < -0.39 is 6.29 Å². The van der Waals surface area contributed by atoms with Crippen LogP contribution in [0.2, 0.25) is 0 Å².